The van der Waals surface area contributed by atoms with Crippen LogP contribution in [0.5, 0.6) is 0 Å². The highest BCUT2D eigenvalue weighted by Gasteiger charge is 2.24. The Morgan fingerprint density at radius 1 is 1.00 bits per heavy atom. The number of H-pyrrole nitrogens is 2. The van der Waals surface area contributed by atoms with Crippen LogP contribution in [-0.4, -0.2) is 30.1 Å². The Labute approximate surface area is 211 Å². The summed E-state index contributed by atoms with van der Waals surface area (Å²) in [6, 6.07) is 16.4. The Morgan fingerprint density at radius 2 is 1.89 bits per heavy atom. The number of hydrogen-bond acceptors (Lipinski definition) is 5. The molecule has 0 atom stereocenters. The summed E-state index contributed by atoms with van der Waals surface area (Å²) in [6.07, 6.45) is 7.65. The van der Waals surface area contributed by atoms with Crippen LogP contribution in [0.1, 0.15) is 12.8 Å². The van der Waals surface area contributed by atoms with Crippen molar-refractivity contribution >= 4 is 27.6 Å². The average Bonchev–Trinajstić information content (AvgIpc) is 3.55. The third-order valence-corrected chi connectivity index (χ3v) is 6.75. The van der Waals surface area contributed by atoms with Crippen LogP contribution in [0, 0.1) is 11.7 Å². The van der Waals surface area contributed by atoms with Gasteiger partial charge in [-0.25, -0.2) is 9.37 Å². The third kappa shape index (κ3) is 3.83. The molecule has 37 heavy (non-hydrogen) atoms. The molecule has 7 nitrogen and oxygen atoms in total. The first-order valence-electron chi connectivity index (χ1n) is 12.1. The van der Waals surface area contributed by atoms with E-state index < -0.39 is 0 Å². The van der Waals surface area contributed by atoms with E-state index in [4.69, 9.17) is 4.98 Å². The lowest BCUT2D eigenvalue weighted by Crippen LogP contribution is -2.00. The number of aromatic amines is 2. The Morgan fingerprint density at radius 3 is 2.76 bits per heavy atom. The summed E-state index contributed by atoms with van der Waals surface area (Å²) in [5, 5.41) is 11.8. The molecule has 5 heterocycles. The number of rotatable bonds is 6. The molecule has 0 radical (unpaired) electrons. The van der Waals surface area contributed by atoms with Gasteiger partial charge in [-0.2, -0.15) is 5.10 Å². The summed E-state index contributed by atoms with van der Waals surface area (Å²) in [7, 11) is 0. The van der Waals surface area contributed by atoms with E-state index >= 15 is 0 Å². The van der Waals surface area contributed by atoms with Crippen LogP contribution in [0.4, 0.5) is 10.1 Å². The van der Waals surface area contributed by atoms with Gasteiger partial charge >= 0.3 is 0 Å². The van der Waals surface area contributed by atoms with E-state index in [1.165, 1.54) is 18.9 Å². The van der Waals surface area contributed by atoms with Crippen molar-refractivity contribution in [1.82, 2.24) is 30.1 Å². The number of allylic oxidation sites excluding steroid dienone is 1. The van der Waals surface area contributed by atoms with Gasteiger partial charge in [0.15, 0.2) is 0 Å². The Hall–Kier alpha value is -4.85. The van der Waals surface area contributed by atoms with E-state index in [-0.39, 0.29) is 5.82 Å². The van der Waals surface area contributed by atoms with Gasteiger partial charge in [0.05, 0.1) is 34.5 Å². The Bertz CT molecular complexity index is 1810. The number of anilines is 1. The van der Waals surface area contributed by atoms with Gasteiger partial charge in [0.1, 0.15) is 17.0 Å². The molecule has 1 fully saturated rings. The molecule has 1 aliphatic carbocycles. The summed E-state index contributed by atoms with van der Waals surface area (Å²) < 4.78 is 14.5. The summed E-state index contributed by atoms with van der Waals surface area (Å²) in [5.41, 5.74) is 8.47. The highest BCUT2D eigenvalue weighted by Crippen LogP contribution is 2.37. The third-order valence-electron chi connectivity index (χ3n) is 6.75. The highest BCUT2D eigenvalue weighted by molar-refractivity contribution is 5.99. The van der Waals surface area contributed by atoms with Gasteiger partial charge in [0.2, 0.25) is 0 Å². The van der Waals surface area contributed by atoms with E-state index in [9.17, 15) is 4.39 Å². The van der Waals surface area contributed by atoms with Gasteiger partial charge in [-0.15, -0.1) is 0 Å². The van der Waals surface area contributed by atoms with E-state index in [2.05, 4.69) is 37.0 Å². The largest absolute Gasteiger partial charge is 0.358 e. The molecule has 6 aromatic rings. The van der Waals surface area contributed by atoms with Gasteiger partial charge in [-0.05, 0) is 61.2 Å². The molecule has 1 aliphatic rings. The van der Waals surface area contributed by atoms with Crippen molar-refractivity contribution in [2.75, 3.05) is 5.32 Å². The van der Waals surface area contributed by atoms with Crippen molar-refractivity contribution in [1.29, 1.82) is 0 Å². The van der Waals surface area contributed by atoms with Crippen LogP contribution in [0.15, 0.2) is 85.5 Å². The molecule has 0 aliphatic heterocycles. The van der Waals surface area contributed by atoms with Crippen molar-refractivity contribution < 1.29 is 4.39 Å². The summed E-state index contributed by atoms with van der Waals surface area (Å²) >= 11 is 0. The molecule has 0 amide bonds. The molecule has 0 spiro atoms. The summed E-state index contributed by atoms with van der Waals surface area (Å²) in [5.74, 6) is 0.241. The lowest BCUT2D eigenvalue weighted by molar-refractivity contribution is 0.631. The number of halogens is 1. The van der Waals surface area contributed by atoms with Gasteiger partial charge in [-0.3, -0.25) is 15.1 Å². The van der Waals surface area contributed by atoms with Crippen LogP contribution >= 0.6 is 0 Å². The first-order chi connectivity index (χ1) is 18.1. The number of benzene rings is 1. The monoisotopic (exact) mass is 487 g/mol. The van der Waals surface area contributed by atoms with Gasteiger partial charge in [0.25, 0.3) is 0 Å². The first-order valence-corrected chi connectivity index (χ1v) is 12.1. The van der Waals surface area contributed by atoms with Crippen molar-refractivity contribution in [3.63, 3.8) is 0 Å². The molecule has 1 aromatic carbocycles. The maximum Gasteiger partial charge on any atom is 0.135 e. The summed E-state index contributed by atoms with van der Waals surface area (Å²) in [6.45, 7) is 4.15. The zero-order valence-electron chi connectivity index (χ0n) is 19.8. The zero-order chi connectivity index (χ0) is 24.9. The minimum atomic E-state index is -0.312. The molecule has 8 heteroatoms. The van der Waals surface area contributed by atoms with Gasteiger partial charge in [0, 0.05) is 40.1 Å². The maximum atomic E-state index is 14.5. The SMILES string of the molecule is C=C(Nc1cncc(-c2ccc3[nH]nc(-c4cc5c(-c6ccccc6F)nccc5[nH]4)c3n2)c1)C1CC1. The molecule has 3 N–H and O–H groups in total. The molecule has 7 rings (SSSR count). The maximum absolute atomic E-state index is 14.5. The lowest BCUT2D eigenvalue weighted by Gasteiger charge is -2.09. The molecular weight excluding hydrogens is 465 g/mol. The Kier molecular flexibility index (Phi) is 4.85. The number of hydrogen-bond donors (Lipinski definition) is 3. The van der Waals surface area contributed by atoms with E-state index in [0.717, 1.165) is 50.3 Å². The van der Waals surface area contributed by atoms with Crippen molar-refractivity contribution in [2.45, 2.75) is 12.8 Å². The van der Waals surface area contributed by atoms with Crippen molar-refractivity contribution in [3.8, 4) is 33.9 Å². The first kappa shape index (κ1) is 21.4. The van der Waals surface area contributed by atoms with Crippen molar-refractivity contribution in [2.24, 2.45) is 5.92 Å². The second kappa shape index (κ2) is 8.37. The smallest absolute Gasteiger partial charge is 0.135 e. The minimum absolute atomic E-state index is 0.312. The van der Waals surface area contributed by atoms with Crippen LogP contribution in [0.25, 0.3) is 55.8 Å². The molecular formula is C29H22FN7. The zero-order valence-corrected chi connectivity index (χ0v) is 19.8. The molecule has 1 saturated carbocycles. The number of aromatic nitrogens is 6. The highest BCUT2D eigenvalue weighted by atomic mass is 19.1. The van der Waals surface area contributed by atoms with Crippen LogP contribution < -0.4 is 5.32 Å². The average molecular weight is 488 g/mol. The van der Waals surface area contributed by atoms with Gasteiger partial charge in [-0.1, -0.05) is 18.7 Å². The van der Waals surface area contributed by atoms with Crippen molar-refractivity contribution in [3.05, 3.63) is 91.3 Å². The molecule has 180 valence electrons. The molecule has 0 saturated heterocycles. The van der Waals surface area contributed by atoms with E-state index in [0.29, 0.717) is 22.9 Å². The molecule has 5 aromatic heterocycles. The lowest BCUT2D eigenvalue weighted by atomic mass is 10.1. The number of pyridine rings is 3. The standard InChI is InChI=1S/C29H22FN7/c1-16(17-6-7-17)33-19-12-18(14-31-15-19)23-8-9-25-28(35-23)29(37-36-25)26-13-21-24(34-26)10-11-32-27(21)20-4-2-3-5-22(20)30/h2-5,8-15,17,33-34H,1,6-7H2,(H,36,37). The molecule has 0 unspecified atom stereocenters. The predicted molar refractivity (Wildman–Crippen MR) is 143 cm³/mol. The number of nitrogens with one attached hydrogen (secondary N) is 3. The predicted octanol–water partition coefficient (Wildman–Crippen LogP) is 6.70. The van der Waals surface area contributed by atoms with E-state index in [1.54, 1.807) is 36.8 Å². The fraction of sp³-hybridized carbons (Fsp3) is 0.103. The fourth-order valence-electron chi connectivity index (χ4n) is 4.66. The number of nitrogens with zero attached hydrogens (tertiary/aromatic N) is 4. The normalized spacial score (nSPS) is 13.3. The number of fused-ring (bicyclic) bond motifs is 2. The minimum Gasteiger partial charge on any atom is -0.358 e. The molecule has 0 bridgehead atoms. The van der Waals surface area contributed by atoms with Crippen LogP contribution in [-0.2, 0) is 0 Å². The van der Waals surface area contributed by atoms with Crippen LogP contribution in [0.2, 0.25) is 0 Å². The van der Waals surface area contributed by atoms with Crippen LogP contribution in [0.3, 0.4) is 0 Å². The second-order valence-electron chi connectivity index (χ2n) is 9.34. The quantitative estimate of drug-likeness (QED) is 0.243. The van der Waals surface area contributed by atoms with E-state index in [1.807, 2.05) is 30.3 Å². The topological polar surface area (TPSA) is 95.2 Å². The van der Waals surface area contributed by atoms with Gasteiger partial charge < -0.3 is 10.3 Å². The Balaban J connectivity index is 1.29. The summed E-state index contributed by atoms with van der Waals surface area (Å²) in [4.78, 5) is 17.2. The fourth-order valence-corrected chi connectivity index (χ4v) is 4.66. The second-order valence-corrected chi connectivity index (χ2v) is 9.34.